The highest BCUT2D eigenvalue weighted by Gasteiger charge is 2.28. The third-order valence-corrected chi connectivity index (χ3v) is 5.57. The van der Waals surface area contributed by atoms with Gasteiger partial charge in [-0.1, -0.05) is 0 Å². The van der Waals surface area contributed by atoms with E-state index in [1.165, 1.54) is 6.42 Å². The lowest BCUT2D eigenvalue weighted by atomic mass is 10.1. The van der Waals surface area contributed by atoms with E-state index in [1.807, 2.05) is 11.6 Å². The van der Waals surface area contributed by atoms with Gasteiger partial charge in [0.1, 0.15) is 0 Å². The predicted octanol–water partition coefficient (Wildman–Crippen LogP) is 3.78. The third-order valence-electron chi connectivity index (χ3n) is 4.06. The molecule has 1 fully saturated rings. The van der Waals surface area contributed by atoms with Crippen LogP contribution >= 0.6 is 22.7 Å². The fourth-order valence-electron chi connectivity index (χ4n) is 3.04. The molecule has 4 heterocycles. The number of nitrogens with zero attached hydrogens (tertiary/aromatic N) is 5. The molecule has 1 atom stereocenters. The number of hydrogen-bond donors (Lipinski definition) is 1. The Kier molecular flexibility index (Phi) is 4.50. The fraction of sp³-hybridized carbons (Fsp3) is 0.375. The van der Waals surface area contributed by atoms with E-state index in [-0.39, 0.29) is 0 Å². The number of likely N-dealkylation sites (tertiary alicyclic amines) is 1. The highest BCUT2D eigenvalue weighted by Crippen LogP contribution is 2.32. The third kappa shape index (κ3) is 3.45. The summed E-state index contributed by atoms with van der Waals surface area (Å²) < 4.78 is 0. The van der Waals surface area contributed by atoms with E-state index in [4.69, 9.17) is 4.98 Å². The summed E-state index contributed by atoms with van der Waals surface area (Å²) in [5.41, 5.74) is 2.16. The van der Waals surface area contributed by atoms with E-state index in [0.29, 0.717) is 6.04 Å². The molecule has 1 N–H and O–H groups in total. The minimum atomic E-state index is 0.303. The van der Waals surface area contributed by atoms with Crippen LogP contribution in [0.15, 0.2) is 29.4 Å². The maximum atomic E-state index is 4.76. The summed E-state index contributed by atoms with van der Waals surface area (Å²) in [7, 11) is 0. The monoisotopic (exact) mass is 358 g/mol. The van der Waals surface area contributed by atoms with Crippen molar-refractivity contribution in [3.05, 3.63) is 45.7 Å². The summed E-state index contributed by atoms with van der Waals surface area (Å²) in [6, 6.07) is 0.303. The molecule has 1 aliphatic heterocycles. The standard InChI is InChI=1S/C16H18N6S2/c1-11-19-12(10-24-11)9-22-5-2-3-14(22)13-7-17-8-15(20-13)21-16-18-4-6-23-16/h4,6-8,10,14H,2-3,5,9H2,1H3,(H,18,20,21). The second-order valence-electron chi connectivity index (χ2n) is 5.78. The van der Waals surface area contributed by atoms with Crippen LogP contribution in [0.1, 0.15) is 35.3 Å². The second kappa shape index (κ2) is 6.92. The Morgan fingerprint density at radius 3 is 3.04 bits per heavy atom. The molecule has 0 bridgehead atoms. The average molecular weight is 358 g/mol. The SMILES string of the molecule is Cc1nc(CN2CCCC2c2cncc(Nc3nccs3)n2)cs1. The molecule has 3 aromatic heterocycles. The molecule has 3 aromatic rings. The Morgan fingerprint density at radius 2 is 2.25 bits per heavy atom. The van der Waals surface area contributed by atoms with Gasteiger partial charge < -0.3 is 5.32 Å². The molecule has 1 unspecified atom stereocenters. The van der Waals surface area contributed by atoms with Crippen molar-refractivity contribution in [2.24, 2.45) is 0 Å². The Morgan fingerprint density at radius 1 is 1.29 bits per heavy atom. The van der Waals surface area contributed by atoms with Gasteiger partial charge in [-0.15, -0.1) is 22.7 Å². The Balaban J connectivity index is 1.51. The topological polar surface area (TPSA) is 66.8 Å². The molecular weight excluding hydrogens is 340 g/mol. The minimum absolute atomic E-state index is 0.303. The van der Waals surface area contributed by atoms with Gasteiger partial charge in [-0.3, -0.25) is 9.88 Å². The number of anilines is 2. The second-order valence-corrected chi connectivity index (χ2v) is 7.73. The molecule has 0 amide bonds. The molecule has 8 heteroatoms. The molecular formula is C16H18N6S2. The Labute approximate surface area is 148 Å². The Hall–Kier alpha value is -1.90. The van der Waals surface area contributed by atoms with E-state index in [9.17, 15) is 0 Å². The van der Waals surface area contributed by atoms with Gasteiger partial charge >= 0.3 is 0 Å². The summed E-state index contributed by atoms with van der Waals surface area (Å²) in [4.78, 5) is 20.4. The van der Waals surface area contributed by atoms with Gasteiger partial charge in [0.2, 0.25) is 0 Å². The van der Waals surface area contributed by atoms with Gasteiger partial charge in [-0.25, -0.2) is 15.0 Å². The number of aryl methyl sites for hydroxylation is 1. The van der Waals surface area contributed by atoms with E-state index in [0.717, 1.165) is 46.9 Å². The van der Waals surface area contributed by atoms with Crippen molar-refractivity contribution in [3.63, 3.8) is 0 Å². The van der Waals surface area contributed by atoms with Crippen LogP contribution in [0.3, 0.4) is 0 Å². The molecule has 0 saturated carbocycles. The van der Waals surface area contributed by atoms with Crippen molar-refractivity contribution >= 4 is 33.6 Å². The van der Waals surface area contributed by atoms with Gasteiger partial charge in [0.25, 0.3) is 0 Å². The summed E-state index contributed by atoms with van der Waals surface area (Å²) in [5.74, 6) is 0.749. The van der Waals surface area contributed by atoms with Crippen LogP contribution in [-0.2, 0) is 6.54 Å². The molecule has 1 saturated heterocycles. The smallest absolute Gasteiger partial charge is 0.188 e. The van der Waals surface area contributed by atoms with E-state index in [1.54, 1.807) is 35.1 Å². The number of rotatable bonds is 5. The molecule has 24 heavy (non-hydrogen) atoms. The van der Waals surface area contributed by atoms with Crippen molar-refractivity contribution in [1.82, 2.24) is 24.8 Å². The quantitative estimate of drug-likeness (QED) is 0.749. The lowest BCUT2D eigenvalue weighted by Crippen LogP contribution is -2.24. The molecule has 0 spiro atoms. The Bertz CT molecular complexity index is 801. The zero-order valence-corrected chi connectivity index (χ0v) is 15.0. The van der Waals surface area contributed by atoms with Gasteiger partial charge in [-0.05, 0) is 26.3 Å². The van der Waals surface area contributed by atoms with Crippen LogP contribution in [0.4, 0.5) is 10.9 Å². The zero-order chi connectivity index (χ0) is 16.4. The van der Waals surface area contributed by atoms with Crippen LogP contribution in [0.25, 0.3) is 0 Å². The molecule has 1 aliphatic rings. The maximum Gasteiger partial charge on any atom is 0.188 e. The molecule has 4 rings (SSSR count). The van der Waals surface area contributed by atoms with Crippen molar-refractivity contribution in [1.29, 1.82) is 0 Å². The molecule has 0 radical (unpaired) electrons. The summed E-state index contributed by atoms with van der Waals surface area (Å²) in [5, 5.41) is 9.26. The fourth-order valence-corrected chi connectivity index (χ4v) is 4.18. The van der Waals surface area contributed by atoms with Gasteiger partial charge in [0.15, 0.2) is 10.9 Å². The van der Waals surface area contributed by atoms with E-state index >= 15 is 0 Å². The van der Waals surface area contributed by atoms with Crippen LogP contribution in [0, 0.1) is 6.92 Å². The highest BCUT2D eigenvalue weighted by atomic mass is 32.1. The summed E-state index contributed by atoms with van der Waals surface area (Å²) in [6.07, 6.45) is 7.69. The summed E-state index contributed by atoms with van der Waals surface area (Å²) in [6.45, 7) is 4.00. The van der Waals surface area contributed by atoms with Crippen LogP contribution < -0.4 is 5.32 Å². The van der Waals surface area contributed by atoms with Crippen molar-refractivity contribution in [3.8, 4) is 0 Å². The lowest BCUT2D eigenvalue weighted by molar-refractivity contribution is 0.241. The first-order valence-electron chi connectivity index (χ1n) is 7.91. The van der Waals surface area contributed by atoms with Crippen molar-refractivity contribution < 1.29 is 0 Å². The van der Waals surface area contributed by atoms with Crippen LogP contribution in [-0.4, -0.2) is 31.4 Å². The van der Waals surface area contributed by atoms with Gasteiger partial charge in [0.05, 0.1) is 34.8 Å². The van der Waals surface area contributed by atoms with Crippen molar-refractivity contribution in [2.75, 3.05) is 11.9 Å². The molecule has 6 nitrogen and oxygen atoms in total. The minimum Gasteiger partial charge on any atom is -0.315 e. The predicted molar refractivity (Wildman–Crippen MR) is 96.7 cm³/mol. The van der Waals surface area contributed by atoms with Gasteiger partial charge in [0, 0.05) is 23.5 Å². The van der Waals surface area contributed by atoms with Crippen molar-refractivity contribution in [2.45, 2.75) is 32.4 Å². The van der Waals surface area contributed by atoms with Gasteiger partial charge in [-0.2, -0.15) is 0 Å². The molecule has 124 valence electrons. The summed E-state index contributed by atoms with van der Waals surface area (Å²) >= 11 is 3.26. The lowest BCUT2D eigenvalue weighted by Gasteiger charge is -2.23. The zero-order valence-electron chi connectivity index (χ0n) is 13.3. The maximum absolute atomic E-state index is 4.76. The molecule has 0 aromatic carbocycles. The van der Waals surface area contributed by atoms with E-state index in [2.05, 4.69) is 37.5 Å². The number of hydrogen-bond acceptors (Lipinski definition) is 8. The van der Waals surface area contributed by atoms with Crippen LogP contribution in [0.2, 0.25) is 0 Å². The largest absolute Gasteiger partial charge is 0.315 e. The van der Waals surface area contributed by atoms with E-state index < -0.39 is 0 Å². The normalized spacial score (nSPS) is 18.1. The average Bonchev–Trinajstić information content (AvgIpc) is 3.31. The number of nitrogens with one attached hydrogen (secondary N) is 1. The molecule has 0 aliphatic carbocycles. The number of thiazole rings is 2. The first-order chi connectivity index (χ1) is 11.8. The first kappa shape index (κ1) is 15.6. The number of aromatic nitrogens is 4. The first-order valence-corrected chi connectivity index (χ1v) is 9.67. The highest BCUT2D eigenvalue weighted by molar-refractivity contribution is 7.13. The van der Waals surface area contributed by atoms with Crippen LogP contribution in [0.5, 0.6) is 0 Å².